The van der Waals surface area contributed by atoms with Crippen molar-refractivity contribution in [3.63, 3.8) is 0 Å². The van der Waals surface area contributed by atoms with Gasteiger partial charge in [0.25, 0.3) is 0 Å². The highest BCUT2D eigenvalue weighted by atomic mass is 19.4. The molecule has 1 heterocycles. The molecule has 2 aromatic rings. The van der Waals surface area contributed by atoms with Crippen molar-refractivity contribution < 1.29 is 18.3 Å². The number of aliphatic hydroxyl groups is 1. The molecular formula is C15H17F3N2O. The minimum absolute atomic E-state index is 0.00347. The van der Waals surface area contributed by atoms with Gasteiger partial charge in [-0.25, -0.2) is 4.68 Å². The molecule has 0 aliphatic carbocycles. The monoisotopic (exact) mass is 298 g/mol. The Morgan fingerprint density at radius 2 is 1.86 bits per heavy atom. The molecule has 0 unspecified atom stereocenters. The molecule has 0 spiro atoms. The summed E-state index contributed by atoms with van der Waals surface area (Å²) < 4.78 is 41.1. The predicted molar refractivity (Wildman–Crippen MR) is 73.2 cm³/mol. The first-order valence-electron chi connectivity index (χ1n) is 6.79. The molecule has 0 aliphatic rings. The van der Waals surface area contributed by atoms with Gasteiger partial charge in [-0.05, 0) is 36.6 Å². The van der Waals surface area contributed by atoms with Gasteiger partial charge in [0.15, 0.2) is 0 Å². The Morgan fingerprint density at radius 1 is 1.14 bits per heavy atom. The molecule has 114 valence electrons. The van der Waals surface area contributed by atoms with Gasteiger partial charge in [-0.2, -0.15) is 18.3 Å². The van der Waals surface area contributed by atoms with Crippen LogP contribution in [0.25, 0.3) is 5.69 Å². The molecule has 0 saturated heterocycles. The smallest absolute Gasteiger partial charge is 0.392 e. The lowest BCUT2D eigenvalue weighted by molar-refractivity contribution is -0.137. The third-order valence-corrected chi connectivity index (χ3v) is 3.34. The Balaban J connectivity index is 2.65. The lowest BCUT2D eigenvalue weighted by atomic mass is 10.1. The summed E-state index contributed by atoms with van der Waals surface area (Å²) in [5.74, 6) is 0. The maximum Gasteiger partial charge on any atom is 0.418 e. The van der Waals surface area contributed by atoms with Crippen LogP contribution in [-0.2, 0) is 25.6 Å². The van der Waals surface area contributed by atoms with Gasteiger partial charge in [0.1, 0.15) is 0 Å². The Hall–Kier alpha value is -1.82. The van der Waals surface area contributed by atoms with E-state index < -0.39 is 18.3 Å². The first kappa shape index (κ1) is 15.6. The minimum Gasteiger partial charge on any atom is -0.392 e. The van der Waals surface area contributed by atoms with Crippen molar-refractivity contribution in [2.24, 2.45) is 0 Å². The van der Waals surface area contributed by atoms with Gasteiger partial charge in [-0.1, -0.05) is 19.9 Å². The van der Waals surface area contributed by atoms with Gasteiger partial charge in [-0.3, -0.25) is 0 Å². The number of nitrogens with zero attached hydrogens (tertiary/aromatic N) is 2. The fourth-order valence-corrected chi connectivity index (χ4v) is 2.20. The zero-order valence-corrected chi connectivity index (χ0v) is 11.9. The third-order valence-electron chi connectivity index (χ3n) is 3.34. The zero-order chi connectivity index (χ0) is 15.6. The summed E-state index contributed by atoms with van der Waals surface area (Å²) in [6.07, 6.45) is -3.24. The maximum absolute atomic E-state index is 13.3. The largest absolute Gasteiger partial charge is 0.418 e. The summed E-state index contributed by atoms with van der Waals surface area (Å²) in [6, 6.07) is 5.64. The van der Waals surface area contributed by atoms with E-state index in [0.717, 1.165) is 17.5 Å². The van der Waals surface area contributed by atoms with Gasteiger partial charge in [0.05, 0.1) is 23.6 Å². The number of hydrogen-bond donors (Lipinski definition) is 1. The van der Waals surface area contributed by atoms with Crippen molar-refractivity contribution >= 4 is 0 Å². The second-order valence-electron chi connectivity index (χ2n) is 4.75. The molecule has 1 aromatic carbocycles. The minimum atomic E-state index is -4.50. The first-order valence-corrected chi connectivity index (χ1v) is 6.79. The van der Waals surface area contributed by atoms with Gasteiger partial charge in [0, 0.05) is 5.69 Å². The average Bonchev–Trinajstić information content (AvgIpc) is 2.89. The molecule has 1 aromatic heterocycles. The van der Waals surface area contributed by atoms with Gasteiger partial charge >= 0.3 is 6.18 Å². The molecule has 0 bridgehead atoms. The fourth-order valence-electron chi connectivity index (χ4n) is 2.20. The summed E-state index contributed by atoms with van der Waals surface area (Å²) in [5.41, 5.74) is 0.929. The molecular weight excluding hydrogens is 281 g/mol. The maximum atomic E-state index is 13.3. The predicted octanol–water partition coefficient (Wildman–Crippen LogP) is 3.51. The van der Waals surface area contributed by atoms with E-state index in [2.05, 4.69) is 5.10 Å². The second-order valence-corrected chi connectivity index (χ2v) is 4.75. The van der Waals surface area contributed by atoms with Crippen LogP contribution >= 0.6 is 0 Å². The summed E-state index contributed by atoms with van der Waals surface area (Å²) in [7, 11) is 0. The van der Waals surface area contributed by atoms with E-state index in [0.29, 0.717) is 12.8 Å². The SMILES string of the molecule is CCc1cc(CC)n(-c2ccc(CO)cc2C(F)(F)F)n1. The molecule has 1 N–H and O–H groups in total. The van der Waals surface area contributed by atoms with Crippen LogP contribution in [0.1, 0.15) is 36.4 Å². The third kappa shape index (κ3) is 3.10. The Morgan fingerprint density at radius 3 is 2.38 bits per heavy atom. The lowest BCUT2D eigenvalue weighted by Crippen LogP contribution is -2.14. The molecule has 0 radical (unpaired) electrons. The van der Waals surface area contributed by atoms with Crippen molar-refractivity contribution in [2.45, 2.75) is 39.5 Å². The highest BCUT2D eigenvalue weighted by Gasteiger charge is 2.35. The number of halogens is 3. The number of aryl methyl sites for hydroxylation is 2. The average molecular weight is 298 g/mol. The molecule has 0 aliphatic heterocycles. The Bertz CT molecular complexity index is 632. The number of aromatic nitrogens is 2. The topological polar surface area (TPSA) is 38.0 Å². The highest BCUT2D eigenvalue weighted by Crippen LogP contribution is 2.35. The number of hydrogen-bond acceptors (Lipinski definition) is 2. The molecule has 6 heteroatoms. The summed E-state index contributed by atoms with van der Waals surface area (Å²) in [6.45, 7) is 3.36. The normalized spacial score (nSPS) is 11.9. The van der Waals surface area contributed by atoms with E-state index in [1.807, 2.05) is 19.9 Å². The number of alkyl halides is 3. The summed E-state index contributed by atoms with van der Waals surface area (Å²) in [4.78, 5) is 0. The lowest BCUT2D eigenvalue weighted by Gasteiger charge is -2.15. The van der Waals surface area contributed by atoms with Crippen molar-refractivity contribution in [3.8, 4) is 5.69 Å². The van der Waals surface area contributed by atoms with E-state index in [9.17, 15) is 13.2 Å². The van der Waals surface area contributed by atoms with Crippen molar-refractivity contribution in [1.82, 2.24) is 9.78 Å². The van der Waals surface area contributed by atoms with Crippen LogP contribution in [0.4, 0.5) is 13.2 Å². The van der Waals surface area contributed by atoms with Crippen LogP contribution < -0.4 is 0 Å². The van der Waals surface area contributed by atoms with E-state index in [-0.39, 0.29) is 11.3 Å². The quantitative estimate of drug-likeness (QED) is 0.938. The molecule has 21 heavy (non-hydrogen) atoms. The molecule has 0 amide bonds. The van der Waals surface area contributed by atoms with Gasteiger partial charge in [-0.15, -0.1) is 0 Å². The van der Waals surface area contributed by atoms with Crippen molar-refractivity contribution in [2.75, 3.05) is 0 Å². The van der Waals surface area contributed by atoms with Crippen LogP contribution in [0.2, 0.25) is 0 Å². The second kappa shape index (κ2) is 5.89. The van der Waals surface area contributed by atoms with Crippen molar-refractivity contribution in [1.29, 1.82) is 0 Å². The van der Waals surface area contributed by atoms with Crippen LogP contribution in [0.5, 0.6) is 0 Å². The van der Waals surface area contributed by atoms with E-state index in [1.165, 1.54) is 16.8 Å². The standard InChI is InChI=1S/C15H17F3N2O/c1-3-11-8-12(4-2)20(19-11)14-6-5-10(9-21)7-13(14)15(16,17)18/h5-8,21H,3-4,9H2,1-2H3. The molecule has 0 fully saturated rings. The molecule has 0 saturated carbocycles. The van der Waals surface area contributed by atoms with Crippen molar-refractivity contribution in [3.05, 3.63) is 46.8 Å². The fraction of sp³-hybridized carbons (Fsp3) is 0.400. The highest BCUT2D eigenvalue weighted by molar-refractivity contribution is 5.46. The van der Waals surface area contributed by atoms with Crippen LogP contribution in [0, 0.1) is 0 Å². The van der Waals surface area contributed by atoms with Crippen LogP contribution in [0.3, 0.4) is 0 Å². The molecule has 0 atom stereocenters. The summed E-state index contributed by atoms with van der Waals surface area (Å²) >= 11 is 0. The number of benzene rings is 1. The zero-order valence-electron chi connectivity index (χ0n) is 11.9. The molecule has 2 rings (SSSR count). The molecule has 3 nitrogen and oxygen atoms in total. The van der Waals surface area contributed by atoms with Crippen LogP contribution in [0.15, 0.2) is 24.3 Å². The van der Waals surface area contributed by atoms with Crippen LogP contribution in [-0.4, -0.2) is 14.9 Å². The number of aliphatic hydroxyl groups excluding tert-OH is 1. The van der Waals surface area contributed by atoms with E-state index in [1.54, 1.807) is 0 Å². The number of rotatable bonds is 4. The first-order chi connectivity index (χ1) is 9.90. The van der Waals surface area contributed by atoms with Gasteiger partial charge < -0.3 is 5.11 Å². The van der Waals surface area contributed by atoms with E-state index >= 15 is 0 Å². The van der Waals surface area contributed by atoms with E-state index in [4.69, 9.17) is 5.11 Å². The Labute approximate surface area is 121 Å². The van der Waals surface area contributed by atoms with Gasteiger partial charge in [0.2, 0.25) is 0 Å². The Kier molecular flexibility index (Phi) is 4.37. The summed E-state index contributed by atoms with van der Waals surface area (Å²) in [5, 5.41) is 13.3.